The van der Waals surface area contributed by atoms with Gasteiger partial charge in [-0.05, 0) is 45.1 Å². The van der Waals surface area contributed by atoms with Gasteiger partial charge in [0.1, 0.15) is 12.1 Å². The summed E-state index contributed by atoms with van der Waals surface area (Å²) in [6.45, 7) is 4.09. The topological polar surface area (TPSA) is 171 Å². The van der Waals surface area contributed by atoms with Crippen LogP contribution in [0.25, 0.3) is 0 Å². The number of nitrogens with zero attached hydrogens (tertiary/aromatic N) is 1. The smallest absolute Gasteiger partial charge is 0.328 e. The van der Waals surface area contributed by atoms with Crippen LogP contribution in [0.2, 0.25) is 0 Å². The molecule has 0 aliphatic carbocycles. The zero-order valence-electron chi connectivity index (χ0n) is 19.8. The largest absolute Gasteiger partial charge is 0.480 e. The summed E-state index contributed by atoms with van der Waals surface area (Å²) in [7, 11) is 0. The molecular weight excluding hydrogens is 460 g/mol. The van der Waals surface area contributed by atoms with Gasteiger partial charge in [-0.25, -0.2) is 14.4 Å². The molecule has 1 fully saturated rings. The number of esters is 1. The van der Waals surface area contributed by atoms with Crippen LogP contribution in [0.3, 0.4) is 0 Å². The highest BCUT2D eigenvalue weighted by Crippen LogP contribution is 2.19. The average Bonchev–Trinajstić information content (AvgIpc) is 3.31. The number of carboxylic acids is 3. The Kier molecular flexibility index (Phi) is 12.7. The van der Waals surface area contributed by atoms with Crippen LogP contribution in [0.4, 0.5) is 0 Å². The lowest BCUT2D eigenvalue weighted by atomic mass is 10.0. The number of aliphatic carboxylic acids is 3. The molecule has 192 valence electrons. The van der Waals surface area contributed by atoms with Crippen LogP contribution >= 0.6 is 0 Å². The standard InChI is InChI=1S/C20H28N2O5.C4H4O4/c1-3-27-20(26)16(12-11-15-8-5-4-6-9-15)21-14(2)18(23)22-13-7-10-17(22)19(24)25;5-3(6)1-2-4(7)8/h4-6,8-9,14,16-17,21H,3,7,10-13H2,1-2H3,(H,24,25);1-2H,(H,5,6)(H,7,8)/b;2-1-/t14-,16+,17?;/m0./s1. The number of carboxylic acid groups (broad SMARTS) is 3. The number of amides is 1. The van der Waals surface area contributed by atoms with Crippen molar-refractivity contribution >= 4 is 29.8 Å². The molecule has 1 aliphatic rings. The van der Waals surface area contributed by atoms with Gasteiger partial charge in [-0.3, -0.25) is 14.9 Å². The fourth-order valence-corrected chi connectivity index (χ4v) is 3.52. The van der Waals surface area contributed by atoms with Crippen molar-refractivity contribution in [1.29, 1.82) is 0 Å². The van der Waals surface area contributed by atoms with E-state index in [0.29, 0.717) is 44.4 Å². The Balaban J connectivity index is 0.000000658. The molecule has 0 aromatic heterocycles. The normalized spacial score (nSPS) is 16.6. The zero-order valence-corrected chi connectivity index (χ0v) is 19.8. The van der Waals surface area contributed by atoms with Gasteiger partial charge >= 0.3 is 23.9 Å². The Bertz CT molecular complexity index is 886. The van der Waals surface area contributed by atoms with Crippen LogP contribution in [0.5, 0.6) is 0 Å². The number of hydrogen-bond donors (Lipinski definition) is 4. The summed E-state index contributed by atoms with van der Waals surface area (Å²) in [5, 5.41) is 27.9. The maximum Gasteiger partial charge on any atom is 0.328 e. The van der Waals surface area contributed by atoms with E-state index >= 15 is 0 Å². The Morgan fingerprint density at radius 2 is 1.69 bits per heavy atom. The lowest BCUT2D eigenvalue weighted by Crippen LogP contribution is -2.53. The molecule has 2 rings (SSSR count). The molecule has 0 radical (unpaired) electrons. The fourth-order valence-electron chi connectivity index (χ4n) is 3.52. The molecule has 4 N–H and O–H groups in total. The molecule has 1 heterocycles. The molecule has 1 aromatic carbocycles. The number of ether oxygens (including phenoxy) is 1. The second-order valence-corrected chi connectivity index (χ2v) is 7.75. The first-order chi connectivity index (χ1) is 16.6. The maximum atomic E-state index is 12.7. The molecule has 35 heavy (non-hydrogen) atoms. The molecule has 1 unspecified atom stereocenters. The van der Waals surface area contributed by atoms with E-state index in [0.717, 1.165) is 5.56 Å². The minimum atomic E-state index is -1.26. The molecule has 1 aromatic rings. The van der Waals surface area contributed by atoms with Crippen LogP contribution in [0, 0.1) is 0 Å². The summed E-state index contributed by atoms with van der Waals surface area (Å²) in [6.07, 6.45) is 3.40. The number of carbonyl (C=O) groups excluding carboxylic acids is 2. The molecule has 11 nitrogen and oxygen atoms in total. The number of rotatable bonds is 11. The summed E-state index contributed by atoms with van der Waals surface area (Å²) < 4.78 is 5.14. The van der Waals surface area contributed by atoms with Gasteiger partial charge in [0.15, 0.2) is 0 Å². The predicted octanol–water partition coefficient (Wildman–Crippen LogP) is 1.32. The molecule has 0 spiro atoms. The fraction of sp³-hybridized carbons (Fsp3) is 0.458. The third kappa shape index (κ3) is 10.8. The monoisotopic (exact) mass is 492 g/mol. The number of carbonyl (C=O) groups is 5. The number of likely N-dealkylation sites (tertiary alicyclic amines) is 1. The van der Waals surface area contributed by atoms with Gasteiger partial charge in [-0.15, -0.1) is 0 Å². The SMILES string of the molecule is CCOC(=O)[C@@H](CCc1ccccc1)N[C@@H](C)C(=O)N1CCCC1C(=O)O.O=C(O)/C=C\C(=O)O. The van der Waals surface area contributed by atoms with Crippen LogP contribution < -0.4 is 5.32 Å². The summed E-state index contributed by atoms with van der Waals surface area (Å²) in [4.78, 5) is 56.8. The van der Waals surface area contributed by atoms with Gasteiger partial charge in [0.2, 0.25) is 5.91 Å². The van der Waals surface area contributed by atoms with Gasteiger partial charge in [0, 0.05) is 18.7 Å². The highest BCUT2D eigenvalue weighted by atomic mass is 16.5. The van der Waals surface area contributed by atoms with Crippen molar-refractivity contribution in [2.45, 2.75) is 57.7 Å². The van der Waals surface area contributed by atoms with Gasteiger partial charge in [0.25, 0.3) is 0 Å². The van der Waals surface area contributed by atoms with E-state index in [9.17, 15) is 29.1 Å². The van der Waals surface area contributed by atoms with Crippen molar-refractivity contribution in [3.8, 4) is 0 Å². The number of aryl methyl sites for hydroxylation is 1. The average molecular weight is 493 g/mol. The molecule has 0 bridgehead atoms. The van der Waals surface area contributed by atoms with E-state index < -0.39 is 42.0 Å². The lowest BCUT2D eigenvalue weighted by Gasteiger charge is -2.27. The van der Waals surface area contributed by atoms with Crippen LogP contribution in [0.1, 0.15) is 38.7 Å². The molecule has 11 heteroatoms. The van der Waals surface area contributed by atoms with Crippen molar-refractivity contribution in [2.75, 3.05) is 13.2 Å². The van der Waals surface area contributed by atoms with Gasteiger partial charge in [0.05, 0.1) is 12.6 Å². The zero-order chi connectivity index (χ0) is 26.4. The third-order valence-electron chi connectivity index (χ3n) is 5.15. The summed E-state index contributed by atoms with van der Waals surface area (Å²) in [5.74, 6) is -4.20. The van der Waals surface area contributed by atoms with Crippen LogP contribution in [-0.4, -0.2) is 81.3 Å². The second kappa shape index (κ2) is 15.2. The Labute approximate surface area is 203 Å². The summed E-state index contributed by atoms with van der Waals surface area (Å²) >= 11 is 0. The molecule has 1 amide bonds. The highest BCUT2D eigenvalue weighted by molar-refractivity contribution is 5.89. The van der Waals surface area contributed by atoms with Crippen molar-refractivity contribution in [1.82, 2.24) is 10.2 Å². The van der Waals surface area contributed by atoms with E-state index in [1.54, 1.807) is 13.8 Å². The number of nitrogens with one attached hydrogen (secondary N) is 1. The third-order valence-corrected chi connectivity index (χ3v) is 5.15. The summed E-state index contributed by atoms with van der Waals surface area (Å²) in [5.41, 5.74) is 1.10. The first kappa shape index (κ1) is 29.3. The Morgan fingerprint density at radius 3 is 2.20 bits per heavy atom. The first-order valence-corrected chi connectivity index (χ1v) is 11.2. The Morgan fingerprint density at radius 1 is 1.09 bits per heavy atom. The quantitative estimate of drug-likeness (QED) is 0.261. The molecule has 1 saturated heterocycles. The highest BCUT2D eigenvalue weighted by Gasteiger charge is 2.36. The summed E-state index contributed by atoms with van der Waals surface area (Å²) in [6, 6.07) is 7.69. The van der Waals surface area contributed by atoms with E-state index in [1.165, 1.54) is 4.90 Å². The van der Waals surface area contributed by atoms with Gasteiger partial charge in [-0.2, -0.15) is 0 Å². The predicted molar refractivity (Wildman–Crippen MR) is 125 cm³/mol. The van der Waals surface area contributed by atoms with Crippen molar-refractivity contribution in [3.05, 3.63) is 48.0 Å². The second-order valence-electron chi connectivity index (χ2n) is 7.75. The first-order valence-electron chi connectivity index (χ1n) is 11.2. The van der Waals surface area contributed by atoms with E-state index in [4.69, 9.17) is 14.9 Å². The van der Waals surface area contributed by atoms with Gasteiger partial charge in [-0.1, -0.05) is 30.3 Å². The Hall–Kier alpha value is -3.73. The van der Waals surface area contributed by atoms with Crippen molar-refractivity contribution in [2.24, 2.45) is 0 Å². The van der Waals surface area contributed by atoms with E-state index in [-0.39, 0.29) is 12.5 Å². The number of hydrogen-bond acceptors (Lipinski definition) is 7. The molecular formula is C24H32N2O9. The minimum Gasteiger partial charge on any atom is -0.480 e. The van der Waals surface area contributed by atoms with Crippen LogP contribution in [0.15, 0.2) is 42.5 Å². The van der Waals surface area contributed by atoms with Gasteiger partial charge < -0.3 is 25.0 Å². The number of benzene rings is 1. The van der Waals surface area contributed by atoms with Crippen LogP contribution in [-0.2, 0) is 35.1 Å². The maximum absolute atomic E-state index is 12.7. The van der Waals surface area contributed by atoms with Crippen molar-refractivity contribution in [3.63, 3.8) is 0 Å². The van der Waals surface area contributed by atoms with E-state index in [1.807, 2.05) is 30.3 Å². The minimum absolute atomic E-state index is 0.262. The lowest BCUT2D eigenvalue weighted by molar-refractivity contribution is -0.150. The molecule has 0 saturated carbocycles. The van der Waals surface area contributed by atoms with Crippen molar-refractivity contribution < 1.29 is 44.0 Å². The van der Waals surface area contributed by atoms with E-state index in [2.05, 4.69) is 5.32 Å². The molecule has 3 atom stereocenters. The molecule has 1 aliphatic heterocycles.